The van der Waals surface area contributed by atoms with Gasteiger partial charge in [0.15, 0.2) is 0 Å². The van der Waals surface area contributed by atoms with E-state index in [1.54, 1.807) is 0 Å². The van der Waals surface area contributed by atoms with Gasteiger partial charge in [-0.25, -0.2) is 8.78 Å². The molecule has 0 saturated carbocycles. The van der Waals surface area contributed by atoms with Crippen molar-refractivity contribution < 1.29 is 22.0 Å². The Hall–Kier alpha value is -0.760. The number of nitrogens with zero attached hydrogens (tertiary/aromatic N) is 2. The van der Waals surface area contributed by atoms with Crippen LogP contribution in [-0.4, -0.2) is 42.1 Å². The summed E-state index contributed by atoms with van der Waals surface area (Å²) in [5, 5.41) is 1.39. The van der Waals surface area contributed by atoms with Crippen LogP contribution in [0, 0.1) is 0 Å². The fraction of sp³-hybridized carbons (Fsp3) is 0.714. The summed E-state index contributed by atoms with van der Waals surface area (Å²) in [6.07, 6.45) is -7.59. The smallest absolute Gasteiger partial charge is 0.295 e. The number of nitrogens with one attached hydrogen (secondary N) is 1. The molecule has 1 heterocycles. The Morgan fingerprint density at radius 1 is 1.38 bits per heavy atom. The summed E-state index contributed by atoms with van der Waals surface area (Å²) >= 11 is 5.40. The molecule has 1 N–H and O–H groups in total. The molecule has 0 radical (unpaired) electrons. The molecule has 0 aromatic rings. The van der Waals surface area contributed by atoms with Gasteiger partial charge in [0.1, 0.15) is 12.2 Å². The molecular weight excluding hydrogens is 257 g/mol. The minimum Gasteiger partial charge on any atom is -0.295 e. The van der Waals surface area contributed by atoms with Gasteiger partial charge < -0.3 is 0 Å². The van der Waals surface area contributed by atoms with Crippen LogP contribution in [0.1, 0.15) is 0 Å². The van der Waals surface area contributed by atoms with Gasteiger partial charge in [-0.2, -0.15) is 13.2 Å². The molecule has 0 atom stereocenters. The Kier molecular flexibility index (Phi) is 3.84. The van der Waals surface area contributed by atoms with Crippen LogP contribution < -0.4 is 5.53 Å². The number of hydrazine groups is 2. The SMILES string of the molecule is CN1NN(CC(F)(F)F)C(C(F)F)=C1CCl. The van der Waals surface area contributed by atoms with E-state index in [2.05, 4.69) is 5.53 Å². The topological polar surface area (TPSA) is 18.5 Å². The molecule has 0 amide bonds. The van der Waals surface area contributed by atoms with Crippen LogP contribution in [0.25, 0.3) is 0 Å². The number of hydrogen-bond donors (Lipinski definition) is 1. The first-order valence-corrected chi connectivity index (χ1v) is 4.71. The molecule has 9 heteroatoms. The minimum absolute atomic E-state index is 0.0686. The number of allylic oxidation sites excluding steroid dienone is 2. The van der Waals surface area contributed by atoms with Crippen molar-refractivity contribution in [2.75, 3.05) is 19.5 Å². The third-order valence-electron chi connectivity index (χ3n) is 1.93. The van der Waals surface area contributed by atoms with Gasteiger partial charge in [0.05, 0.1) is 11.6 Å². The quantitative estimate of drug-likeness (QED) is 0.621. The molecular formula is C7H9ClF5N3. The van der Waals surface area contributed by atoms with E-state index in [1.165, 1.54) is 7.05 Å². The van der Waals surface area contributed by atoms with Crippen LogP contribution in [0.2, 0.25) is 0 Å². The van der Waals surface area contributed by atoms with E-state index < -0.39 is 24.8 Å². The predicted molar refractivity (Wildman–Crippen MR) is 47.4 cm³/mol. The lowest BCUT2D eigenvalue weighted by Crippen LogP contribution is -2.44. The van der Waals surface area contributed by atoms with Crippen molar-refractivity contribution in [2.45, 2.75) is 12.6 Å². The van der Waals surface area contributed by atoms with E-state index in [0.29, 0.717) is 5.01 Å². The Balaban J connectivity index is 2.92. The van der Waals surface area contributed by atoms with E-state index in [0.717, 1.165) is 5.01 Å². The standard InChI is InChI=1S/C7H9ClF5N3/c1-15-4(2-8)5(6(9)10)16(14-15)3-7(11,12)13/h6,14H,2-3H2,1H3. The summed E-state index contributed by atoms with van der Waals surface area (Å²) in [5.41, 5.74) is 1.34. The minimum atomic E-state index is -4.57. The van der Waals surface area contributed by atoms with Crippen LogP contribution in [0.4, 0.5) is 22.0 Å². The number of halogens is 6. The average molecular weight is 266 g/mol. The molecule has 0 spiro atoms. The molecule has 0 aromatic carbocycles. The molecule has 1 rings (SSSR count). The van der Waals surface area contributed by atoms with Crippen LogP contribution in [0.15, 0.2) is 11.4 Å². The highest BCUT2D eigenvalue weighted by molar-refractivity contribution is 6.19. The highest BCUT2D eigenvalue weighted by atomic mass is 35.5. The van der Waals surface area contributed by atoms with Crippen molar-refractivity contribution in [3.8, 4) is 0 Å². The highest BCUT2D eigenvalue weighted by Gasteiger charge is 2.39. The van der Waals surface area contributed by atoms with E-state index in [4.69, 9.17) is 11.6 Å². The van der Waals surface area contributed by atoms with Crippen molar-refractivity contribution >= 4 is 11.6 Å². The molecule has 0 aliphatic carbocycles. The zero-order valence-corrected chi connectivity index (χ0v) is 8.91. The molecule has 1 aliphatic heterocycles. The second-order valence-corrected chi connectivity index (χ2v) is 3.39. The van der Waals surface area contributed by atoms with Crippen LogP contribution in [0.3, 0.4) is 0 Å². The van der Waals surface area contributed by atoms with Crippen LogP contribution in [-0.2, 0) is 0 Å². The van der Waals surface area contributed by atoms with Crippen molar-refractivity contribution in [3.63, 3.8) is 0 Å². The summed E-state index contributed by atoms with van der Waals surface area (Å²) in [4.78, 5) is 0. The van der Waals surface area contributed by atoms with Gasteiger partial charge in [0, 0.05) is 7.05 Å². The maximum atomic E-state index is 12.6. The largest absolute Gasteiger partial charge is 0.407 e. The summed E-state index contributed by atoms with van der Waals surface area (Å²) in [6, 6.07) is 0. The molecule has 94 valence electrons. The summed E-state index contributed by atoms with van der Waals surface area (Å²) in [7, 11) is 1.32. The van der Waals surface area contributed by atoms with Gasteiger partial charge >= 0.3 is 6.18 Å². The lowest BCUT2D eigenvalue weighted by atomic mass is 10.3. The molecule has 3 nitrogen and oxygen atoms in total. The first-order chi connectivity index (χ1) is 7.26. The Bertz CT molecular complexity index is 290. The van der Waals surface area contributed by atoms with Gasteiger partial charge in [0.2, 0.25) is 0 Å². The van der Waals surface area contributed by atoms with E-state index >= 15 is 0 Å². The van der Waals surface area contributed by atoms with E-state index in [1.807, 2.05) is 0 Å². The molecule has 0 saturated heterocycles. The summed E-state index contributed by atoms with van der Waals surface area (Å²) in [5.74, 6) is -0.294. The van der Waals surface area contributed by atoms with Crippen LogP contribution in [0.5, 0.6) is 0 Å². The van der Waals surface area contributed by atoms with E-state index in [9.17, 15) is 22.0 Å². The van der Waals surface area contributed by atoms with Crippen molar-refractivity contribution in [1.29, 1.82) is 0 Å². The molecule has 1 aliphatic rings. The third-order valence-corrected chi connectivity index (χ3v) is 2.19. The lowest BCUT2D eigenvalue weighted by Gasteiger charge is -2.23. The maximum absolute atomic E-state index is 12.6. The molecule has 0 fully saturated rings. The van der Waals surface area contributed by atoms with Gasteiger partial charge in [-0.3, -0.25) is 10.0 Å². The first-order valence-electron chi connectivity index (χ1n) is 4.17. The Morgan fingerprint density at radius 3 is 2.31 bits per heavy atom. The first kappa shape index (κ1) is 13.3. The van der Waals surface area contributed by atoms with Crippen molar-refractivity contribution in [1.82, 2.24) is 15.6 Å². The predicted octanol–water partition coefficient (Wildman–Crippen LogP) is 1.93. The summed E-state index contributed by atoms with van der Waals surface area (Å²) < 4.78 is 61.5. The molecule has 0 aromatic heterocycles. The second kappa shape index (κ2) is 4.62. The monoisotopic (exact) mass is 265 g/mol. The van der Waals surface area contributed by atoms with Crippen LogP contribution >= 0.6 is 11.6 Å². The highest BCUT2D eigenvalue weighted by Crippen LogP contribution is 2.28. The van der Waals surface area contributed by atoms with Gasteiger partial charge in [-0.1, -0.05) is 0 Å². The third kappa shape index (κ3) is 2.88. The Labute approximate surface area is 93.4 Å². The normalized spacial score (nSPS) is 18.0. The number of rotatable bonds is 3. The fourth-order valence-corrected chi connectivity index (χ4v) is 1.64. The number of hydrogen-bond acceptors (Lipinski definition) is 3. The molecule has 0 unspecified atom stereocenters. The van der Waals surface area contributed by atoms with Crippen molar-refractivity contribution in [2.24, 2.45) is 0 Å². The van der Waals surface area contributed by atoms with Gasteiger partial charge in [0.25, 0.3) is 6.43 Å². The van der Waals surface area contributed by atoms with E-state index in [-0.39, 0.29) is 11.6 Å². The fourth-order valence-electron chi connectivity index (χ4n) is 1.32. The molecule has 0 bridgehead atoms. The van der Waals surface area contributed by atoms with Crippen molar-refractivity contribution in [3.05, 3.63) is 11.4 Å². The van der Waals surface area contributed by atoms with Gasteiger partial charge in [-0.15, -0.1) is 17.1 Å². The number of alkyl halides is 6. The zero-order chi connectivity index (χ0) is 12.5. The zero-order valence-electron chi connectivity index (χ0n) is 8.15. The lowest BCUT2D eigenvalue weighted by molar-refractivity contribution is -0.152. The summed E-state index contributed by atoms with van der Waals surface area (Å²) in [6.45, 7) is -1.50. The Morgan fingerprint density at radius 2 is 1.94 bits per heavy atom. The molecule has 16 heavy (non-hydrogen) atoms. The average Bonchev–Trinajstić information content (AvgIpc) is 2.38. The van der Waals surface area contributed by atoms with Gasteiger partial charge in [-0.05, 0) is 0 Å². The maximum Gasteiger partial charge on any atom is 0.407 e. The second-order valence-electron chi connectivity index (χ2n) is 3.13.